The van der Waals surface area contributed by atoms with Crippen LogP contribution in [0.1, 0.15) is 58.2 Å². The number of nitrogens with zero attached hydrogens (tertiary/aromatic N) is 5. The van der Waals surface area contributed by atoms with Gasteiger partial charge in [0.15, 0.2) is 0 Å². The van der Waals surface area contributed by atoms with Gasteiger partial charge in [-0.25, -0.2) is 9.67 Å². The molecule has 7 nitrogen and oxygen atoms in total. The topological polar surface area (TPSA) is 73.1 Å². The molecule has 0 N–H and O–H groups in total. The van der Waals surface area contributed by atoms with Gasteiger partial charge in [0.05, 0.1) is 35.1 Å². The average Bonchev–Trinajstić information content (AvgIpc) is 3.12. The minimum atomic E-state index is -0.0962. The molecule has 1 aliphatic rings. The summed E-state index contributed by atoms with van der Waals surface area (Å²) in [6.45, 7) is 9.63. The first-order valence-electron chi connectivity index (χ1n) is 11.5. The number of benzene rings is 1. The van der Waals surface area contributed by atoms with Crippen molar-refractivity contribution in [2.24, 2.45) is 7.05 Å². The fourth-order valence-electron chi connectivity index (χ4n) is 4.44. The average molecular weight is 547 g/mol. The quantitative estimate of drug-likeness (QED) is 0.361. The summed E-state index contributed by atoms with van der Waals surface area (Å²) in [5.74, 6) is 0.517. The van der Waals surface area contributed by atoms with Crippen molar-refractivity contribution in [2.75, 3.05) is 13.2 Å². The van der Waals surface area contributed by atoms with E-state index in [2.05, 4.69) is 38.1 Å². The van der Waals surface area contributed by atoms with Crippen molar-refractivity contribution in [3.63, 3.8) is 0 Å². The van der Waals surface area contributed by atoms with Crippen LogP contribution >= 0.6 is 27.5 Å². The molecule has 0 spiro atoms. The second-order valence-corrected chi connectivity index (χ2v) is 10.00. The molecule has 1 amide bonds. The van der Waals surface area contributed by atoms with E-state index in [4.69, 9.17) is 16.3 Å². The highest BCUT2D eigenvalue weighted by Gasteiger charge is 2.32. The Morgan fingerprint density at radius 3 is 2.68 bits per heavy atom. The Morgan fingerprint density at radius 2 is 2.00 bits per heavy atom. The maximum absolute atomic E-state index is 13.8. The number of fused-ring (bicyclic) bond motifs is 1. The van der Waals surface area contributed by atoms with E-state index in [0.29, 0.717) is 42.6 Å². The van der Waals surface area contributed by atoms with Gasteiger partial charge in [0, 0.05) is 34.9 Å². The third-order valence-corrected chi connectivity index (χ3v) is 7.32. The normalized spacial score (nSPS) is 13.4. The molecular formula is C25H29BrClN5O2. The highest BCUT2D eigenvalue weighted by molar-refractivity contribution is 9.10. The van der Waals surface area contributed by atoms with Crippen LogP contribution in [0.15, 0.2) is 16.6 Å². The Kier molecular flexibility index (Phi) is 7.28. The van der Waals surface area contributed by atoms with Gasteiger partial charge in [-0.15, -0.1) is 5.10 Å². The molecule has 1 aliphatic heterocycles. The lowest BCUT2D eigenvalue weighted by molar-refractivity contribution is 0.0725. The number of amides is 1. The lowest BCUT2D eigenvalue weighted by Crippen LogP contribution is -2.38. The van der Waals surface area contributed by atoms with Crippen LogP contribution in [0.4, 0.5) is 0 Å². The number of hydrogen-bond donors (Lipinski definition) is 0. The van der Waals surface area contributed by atoms with Crippen LogP contribution < -0.4 is 4.74 Å². The Hall–Kier alpha value is -2.45. The van der Waals surface area contributed by atoms with E-state index >= 15 is 0 Å². The van der Waals surface area contributed by atoms with Crippen molar-refractivity contribution >= 4 is 33.4 Å². The van der Waals surface area contributed by atoms with E-state index in [1.807, 2.05) is 44.9 Å². The second kappa shape index (κ2) is 10.0. The number of hydrogen-bond acceptors (Lipinski definition) is 5. The maximum atomic E-state index is 13.8. The number of pyridine rings is 1. The first-order chi connectivity index (χ1) is 16.2. The molecule has 3 heterocycles. The zero-order chi connectivity index (χ0) is 24.6. The number of carbonyl (C=O) groups excluding carboxylic acids is 1. The van der Waals surface area contributed by atoms with Crippen molar-refractivity contribution in [3.8, 4) is 17.1 Å². The number of rotatable bonds is 7. The van der Waals surface area contributed by atoms with Crippen LogP contribution in [0.5, 0.6) is 5.88 Å². The molecule has 0 radical (unpaired) electrons. The summed E-state index contributed by atoms with van der Waals surface area (Å²) < 4.78 is 8.57. The summed E-state index contributed by atoms with van der Waals surface area (Å²) >= 11 is 10.6. The lowest BCUT2D eigenvalue weighted by Gasteiger charge is -2.31. The van der Waals surface area contributed by atoms with E-state index in [1.165, 1.54) is 0 Å². The van der Waals surface area contributed by atoms with E-state index in [9.17, 15) is 4.79 Å². The van der Waals surface area contributed by atoms with Gasteiger partial charge in [0.2, 0.25) is 5.88 Å². The molecule has 4 rings (SSSR count). The van der Waals surface area contributed by atoms with Gasteiger partial charge >= 0.3 is 0 Å². The zero-order valence-electron chi connectivity index (χ0n) is 20.2. The first-order valence-corrected chi connectivity index (χ1v) is 12.7. The largest absolute Gasteiger partial charge is 0.477 e. The second-order valence-electron chi connectivity index (χ2n) is 8.76. The summed E-state index contributed by atoms with van der Waals surface area (Å²) in [5.41, 5.74) is 6.66. The molecule has 0 atom stereocenters. The molecule has 0 bridgehead atoms. The van der Waals surface area contributed by atoms with E-state index < -0.39 is 0 Å². The van der Waals surface area contributed by atoms with Gasteiger partial charge in [-0.05, 0) is 56.9 Å². The van der Waals surface area contributed by atoms with Gasteiger partial charge in [0.1, 0.15) is 0 Å². The molecule has 3 aromatic rings. The summed E-state index contributed by atoms with van der Waals surface area (Å²) in [4.78, 5) is 20.2. The summed E-state index contributed by atoms with van der Waals surface area (Å²) in [6, 6.07) is 3.99. The summed E-state index contributed by atoms with van der Waals surface area (Å²) in [5, 5.41) is 8.67. The highest BCUT2D eigenvalue weighted by atomic mass is 79.9. The van der Waals surface area contributed by atoms with Crippen LogP contribution in [0.2, 0.25) is 5.02 Å². The Labute approximate surface area is 213 Å². The fraction of sp³-hybridized carbons (Fsp3) is 0.440. The number of carbonyl (C=O) groups is 1. The first kappa shape index (κ1) is 24.7. The molecule has 34 heavy (non-hydrogen) atoms. The van der Waals surface area contributed by atoms with Crippen molar-refractivity contribution in [2.45, 2.75) is 53.5 Å². The molecule has 0 saturated carbocycles. The minimum Gasteiger partial charge on any atom is -0.477 e. The minimum absolute atomic E-state index is 0.0962. The Balaban J connectivity index is 1.71. The van der Waals surface area contributed by atoms with Crippen molar-refractivity contribution < 1.29 is 9.53 Å². The molecule has 1 aromatic carbocycles. The number of ether oxygens (including phenoxy) is 1. The molecule has 0 unspecified atom stereocenters. The molecule has 180 valence electrons. The standard InChI is InChI=1S/C25H29BrClN5O2/c1-6-7-10-34-24-19(14(2)11-15(3)28-24)13-32-9-8-17-20(26)12-18(22(27)21(17)25(32)33)23-16(4)29-30-31(23)5/h11-12H,6-10,13H2,1-5H3. The Morgan fingerprint density at radius 1 is 1.24 bits per heavy atom. The molecular weight excluding hydrogens is 518 g/mol. The number of halogens is 2. The van der Waals surface area contributed by atoms with Crippen molar-refractivity contribution in [3.05, 3.63) is 55.3 Å². The van der Waals surface area contributed by atoms with Gasteiger partial charge in [-0.1, -0.05) is 46.1 Å². The SMILES string of the molecule is CCCCOc1nc(C)cc(C)c1CN1CCc2c(Br)cc(-c3c(C)nnn3C)c(Cl)c2C1=O. The van der Waals surface area contributed by atoms with Crippen LogP contribution in [0, 0.1) is 20.8 Å². The van der Waals surface area contributed by atoms with Crippen LogP contribution in [0.3, 0.4) is 0 Å². The summed E-state index contributed by atoms with van der Waals surface area (Å²) in [7, 11) is 1.82. The number of aromatic nitrogens is 4. The Bertz CT molecular complexity index is 1240. The third kappa shape index (κ3) is 4.58. The van der Waals surface area contributed by atoms with Crippen LogP contribution in [0.25, 0.3) is 11.3 Å². The molecule has 9 heteroatoms. The van der Waals surface area contributed by atoms with Gasteiger partial charge in [-0.2, -0.15) is 0 Å². The number of aryl methyl sites for hydroxylation is 4. The highest BCUT2D eigenvalue weighted by Crippen LogP contribution is 2.40. The van der Waals surface area contributed by atoms with Gasteiger partial charge < -0.3 is 9.64 Å². The monoisotopic (exact) mass is 545 g/mol. The van der Waals surface area contributed by atoms with Gasteiger partial charge in [0.25, 0.3) is 5.91 Å². The zero-order valence-corrected chi connectivity index (χ0v) is 22.5. The third-order valence-electron chi connectivity index (χ3n) is 6.22. The van der Waals surface area contributed by atoms with E-state index in [1.54, 1.807) is 4.68 Å². The van der Waals surface area contributed by atoms with Crippen LogP contribution in [-0.4, -0.2) is 43.9 Å². The van der Waals surface area contributed by atoms with Crippen molar-refractivity contribution in [1.82, 2.24) is 24.9 Å². The molecule has 0 saturated heterocycles. The molecule has 2 aromatic heterocycles. The fourth-order valence-corrected chi connectivity index (χ4v) is 5.40. The predicted molar refractivity (Wildman–Crippen MR) is 136 cm³/mol. The number of unbranched alkanes of at least 4 members (excludes halogenated alkanes) is 1. The molecule has 0 aliphatic carbocycles. The smallest absolute Gasteiger partial charge is 0.256 e. The van der Waals surface area contributed by atoms with Crippen molar-refractivity contribution in [1.29, 1.82) is 0 Å². The maximum Gasteiger partial charge on any atom is 0.256 e. The van der Waals surface area contributed by atoms with Crippen LogP contribution in [-0.2, 0) is 20.0 Å². The lowest BCUT2D eigenvalue weighted by atomic mass is 9.94. The van der Waals surface area contributed by atoms with Gasteiger partial charge in [-0.3, -0.25) is 4.79 Å². The predicted octanol–water partition coefficient (Wildman–Crippen LogP) is 5.60. The molecule has 0 fully saturated rings. The van der Waals surface area contributed by atoms with E-state index in [0.717, 1.165) is 56.6 Å². The van der Waals surface area contributed by atoms with E-state index in [-0.39, 0.29) is 5.91 Å². The summed E-state index contributed by atoms with van der Waals surface area (Å²) in [6.07, 6.45) is 2.70.